The molecule has 3 aromatic rings. The number of hydrogen-bond donors (Lipinski definition) is 0. The number of morpholine rings is 2. The molecule has 0 aromatic heterocycles. The van der Waals surface area contributed by atoms with Gasteiger partial charge in [-0.15, -0.1) is 0 Å². The van der Waals surface area contributed by atoms with Gasteiger partial charge in [-0.25, -0.2) is 0 Å². The van der Waals surface area contributed by atoms with Gasteiger partial charge in [0, 0.05) is 48.5 Å². The second-order valence-electron chi connectivity index (χ2n) is 7.40. The maximum Gasteiger partial charge on any atom is 0.0642 e. The summed E-state index contributed by atoms with van der Waals surface area (Å²) in [4.78, 5) is 4.97. The SMILES string of the molecule is c1ccc(-c2c(N3CCOCC3)cc(N3CCOCC3)c3ccccc23)cc1. The van der Waals surface area contributed by atoms with Gasteiger partial charge < -0.3 is 19.3 Å². The Morgan fingerprint density at radius 1 is 0.571 bits per heavy atom. The zero-order valence-corrected chi connectivity index (χ0v) is 16.1. The van der Waals surface area contributed by atoms with Gasteiger partial charge in [-0.3, -0.25) is 0 Å². The van der Waals surface area contributed by atoms with Crippen molar-refractivity contribution in [2.75, 3.05) is 62.4 Å². The Labute approximate surface area is 166 Å². The highest BCUT2D eigenvalue weighted by molar-refractivity contribution is 6.09. The van der Waals surface area contributed by atoms with Crippen molar-refractivity contribution in [3.63, 3.8) is 0 Å². The number of fused-ring (bicyclic) bond motifs is 1. The fourth-order valence-electron chi connectivity index (χ4n) is 4.37. The van der Waals surface area contributed by atoms with Crippen LogP contribution in [-0.4, -0.2) is 52.6 Å². The van der Waals surface area contributed by atoms with Crippen LogP contribution in [0.3, 0.4) is 0 Å². The van der Waals surface area contributed by atoms with E-state index in [1.165, 1.54) is 33.3 Å². The molecule has 0 bridgehead atoms. The Morgan fingerprint density at radius 3 is 1.75 bits per heavy atom. The molecule has 0 saturated carbocycles. The van der Waals surface area contributed by atoms with Crippen LogP contribution < -0.4 is 9.80 Å². The van der Waals surface area contributed by atoms with Gasteiger partial charge in [0.25, 0.3) is 0 Å². The zero-order chi connectivity index (χ0) is 18.8. The van der Waals surface area contributed by atoms with Crippen molar-refractivity contribution < 1.29 is 9.47 Å². The van der Waals surface area contributed by atoms with Gasteiger partial charge in [-0.05, 0) is 17.0 Å². The monoisotopic (exact) mass is 374 g/mol. The molecular weight excluding hydrogens is 348 g/mol. The Balaban J connectivity index is 1.75. The van der Waals surface area contributed by atoms with Crippen molar-refractivity contribution in [2.24, 2.45) is 0 Å². The van der Waals surface area contributed by atoms with Crippen LogP contribution >= 0.6 is 0 Å². The van der Waals surface area contributed by atoms with Gasteiger partial charge in [0.15, 0.2) is 0 Å². The van der Waals surface area contributed by atoms with E-state index in [2.05, 4.69) is 70.5 Å². The van der Waals surface area contributed by atoms with E-state index in [0.29, 0.717) is 0 Å². The fraction of sp³-hybridized carbons (Fsp3) is 0.333. The Kier molecular flexibility index (Phi) is 4.90. The van der Waals surface area contributed by atoms with E-state index in [4.69, 9.17) is 9.47 Å². The highest BCUT2D eigenvalue weighted by Crippen LogP contribution is 2.43. The molecule has 2 heterocycles. The van der Waals surface area contributed by atoms with Gasteiger partial charge in [0.2, 0.25) is 0 Å². The first-order valence-corrected chi connectivity index (χ1v) is 10.2. The van der Waals surface area contributed by atoms with Crippen LogP contribution in [0.4, 0.5) is 11.4 Å². The van der Waals surface area contributed by atoms with Crippen LogP contribution in [0.5, 0.6) is 0 Å². The lowest BCUT2D eigenvalue weighted by Gasteiger charge is -2.35. The van der Waals surface area contributed by atoms with Crippen molar-refractivity contribution in [2.45, 2.75) is 0 Å². The molecule has 2 saturated heterocycles. The molecule has 3 aromatic carbocycles. The molecule has 4 nitrogen and oxygen atoms in total. The molecule has 0 N–H and O–H groups in total. The van der Waals surface area contributed by atoms with Crippen molar-refractivity contribution in [3.8, 4) is 11.1 Å². The van der Waals surface area contributed by atoms with E-state index in [1.54, 1.807) is 0 Å². The topological polar surface area (TPSA) is 24.9 Å². The fourth-order valence-corrected chi connectivity index (χ4v) is 4.37. The summed E-state index contributed by atoms with van der Waals surface area (Å²) in [5, 5.41) is 2.64. The third-order valence-electron chi connectivity index (χ3n) is 5.77. The van der Waals surface area contributed by atoms with E-state index in [0.717, 1.165) is 52.6 Å². The lowest BCUT2D eigenvalue weighted by molar-refractivity contribution is 0.122. The molecule has 2 fully saturated rings. The summed E-state index contributed by atoms with van der Waals surface area (Å²) in [6, 6.07) is 22.0. The minimum atomic E-state index is 0.786. The van der Waals surface area contributed by atoms with Crippen LogP contribution in [0, 0.1) is 0 Å². The van der Waals surface area contributed by atoms with Crippen LogP contribution in [0.25, 0.3) is 21.9 Å². The predicted molar refractivity (Wildman–Crippen MR) is 115 cm³/mol. The van der Waals surface area contributed by atoms with Crippen molar-refractivity contribution in [1.29, 1.82) is 0 Å². The first kappa shape index (κ1) is 17.5. The summed E-state index contributed by atoms with van der Waals surface area (Å²) >= 11 is 0. The molecule has 0 atom stereocenters. The maximum atomic E-state index is 5.63. The summed E-state index contributed by atoms with van der Waals surface area (Å²) in [6.07, 6.45) is 0. The van der Waals surface area contributed by atoms with Gasteiger partial charge in [0.1, 0.15) is 0 Å². The number of ether oxygens (including phenoxy) is 2. The Morgan fingerprint density at radius 2 is 1.11 bits per heavy atom. The third-order valence-corrected chi connectivity index (χ3v) is 5.77. The molecule has 0 amide bonds. The van der Waals surface area contributed by atoms with Gasteiger partial charge in [-0.2, -0.15) is 0 Å². The molecular formula is C24H26N2O2. The molecule has 0 unspecified atom stereocenters. The van der Waals surface area contributed by atoms with Gasteiger partial charge in [-0.1, -0.05) is 54.6 Å². The second-order valence-corrected chi connectivity index (χ2v) is 7.40. The smallest absolute Gasteiger partial charge is 0.0642 e. The summed E-state index contributed by atoms with van der Waals surface area (Å²) < 4.78 is 11.2. The maximum absolute atomic E-state index is 5.63. The lowest BCUT2D eigenvalue weighted by Crippen LogP contribution is -2.38. The molecule has 4 heteroatoms. The molecule has 2 aliphatic rings. The van der Waals surface area contributed by atoms with Crippen LogP contribution in [0.15, 0.2) is 60.7 Å². The van der Waals surface area contributed by atoms with E-state index < -0.39 is 0 Å². The number of rotatable bonds is 3. The van der Waals surface area contributed by atoms with E-state index in [-0.39, 0.29) is 0 Å². The highest BCUT2D eigenvalue weighted by atomic mass is 16.5. The zero-order valence-electron chi connectivity index (χ0n) is 16.1. The highest BCUT2D eigenvalue weighted by Gasteiger charge is 2.23. The van der Waals surface area contributed by atoms with E-state index in [1.807, 2.05) is 0 Å². The Hall–Kier alpha value is -2.56. The molecule has 0 aliphatic carbocycles. The standard InChI is InChI=1S/C24H26N2O2/c1-2-6-19(7-3-1)24-21-9-5-4-8-20(21)22(25-10-14-27-15-11-25)18-23(24)26-12-16-28-17-13-26/h1-9,18H,10-17H2. The first-order chi connectivity index (χ1) is 13.9. The number of benzene rings is 3. The van der Waals surface area contributed by atoms with Crippen molar-refractivity contribution >= 4 is 22.1 Å². The third kappa shape index (κ3) is 3.23. The van der Waals surface area contributed by atoms with Gasteiger partial charge >= 0.3 is 0 Å². The molecule has 0 radical (unpaired) electrons. The summed E-state index contributed by atoms with van der Waals surface area (Å²) in [7, 11) is 0. The normalized spacial score (nSPS) is 17.9. The number of hydrogen-bond acceptors (Lipinski definition) is 4. The molecule has 0 spiro atoms. The molecule has 2 aliphatic heterocycles. The predicted octanol–water partition coefficient (Wildman–Crippen LogP) is 4.18. The summed E-state index contributed by atoms with van der Waals surface area (Å²) in [6.45, 7) is 6.90. The minimum absolute atomic E-state index is 0.786. The second kappa shape index (κ2) is 7.82. The molecule has 5 rings (SSSR count). The Bertz CT molecular complexity index is 945. The summed E-state index contributed by atoms with van der Waals surface area (Å²) in [5.41, 5.74) is 5.23. The quantitative estimate of drug-likeness (QED) is 0.687. The largest absolute Gasteiger partial charge is 0.378 e. The van der Waals surface area contributed by atoms with Crippen molar-refractivity contribution in [1.82, 2.24) is 0 Å². The van der Waals surface area contributed by atoms with Gasteiger partial charge in [0.05, 0.1) is 26.4 Å². The minimum Gasteiger partial charge on any atom is -0.378 e. The lowest BCUT2D eigenvalue weighted by atomic mass is 9.93. The average molecular weight is 374 g/mol. The first-order valence-electron chi connectivity index (χ1n) is 10.2. The number of nitrogens with zero attached hydrogens (tertiary/aromatic N) is 2. The van der Waals surface area contributed by atoms with Crippen molar-refractivity contribution in [3.05, 3.63) is 60.7 Å². The van der Waals surface area contributed by atoms with E-state index in [9.17, 15) is 0 Å². The van der Waals surface area contributed by atoms with Crippen LogP contribution in [-0.2, 0) is 9.47 Å². The molecule has 28 heavy (non-hydrogen) atoms. The summed E-state index contributed by atoms with van der Waals surface area (Å²) in [5.74, 6) is 0. The van der Waals surface area contributed by atoms with Crippen LogP contribution in [0.1, 0.15) is 0 Å². The average Bonchev–Trinajstić information content (AvgIpc) is 2.80. The van der Waals surface area contributed by atoms with Crippen LogP contribution in [0.2, 0.25) is 0 Å². The number of anilines is 2. The molecule has 144 valence electrons. The van der Waals surface area contributed by atoms with E-state index >= 15 is 0 Å².